The van der Waals surface area contributed by atoms with E-state index >= 15 is 0 Å². The van der Waals surface area contributed by atoms with E-state index in [0.717, 1.165) is 12.8 Å². The molecule has 282 valence electrons. The zero-order valence-electron chi connectivity index (χ0n) is 33.2. The molecular formula is C56H42N2S. The third-order valence-corrected chi connectivity index (χ3v) is 13.1. The number of benzene rings is 9. The molecule has 12 rings (SSSR count). The highest BCUT2D eigenvalue weighted by atomic mass is 32.1. The lowest BCUT2D eigenvalue weighted by atomic mass is 9.94. The molecule has 3 heteroatoms. The normalized spacial score (nSPS) is 13.0. The van der Waals surface area contributed by atoms with Crippen LogP contribution in [0.3, 0.4) is 0 Å². The maximum atomic E-state index is 2.54. The van der Waals surface area contributed by atoms with Gasteiger partial charge in [0.05, 0.1) is 22.4 Å². The van der Waals surface area contributed by atoms with E-state index in [1.54, 1.807) is 0 Å². The lowest BCUT2D eigenvalue weighted by molar-refractivity contribution is 0.932. The Morgan fingerprint density at radius 2 is 1.02 bits per heavy atom. The fourth-order valence-corrected chi connectivity index (χ4v) is 10.7. The van der Waals surface area contributed by atoms with Crippen molar-refractivity contribution in [1.82, 2.24) is 4.57 Å². The Kier molecular flexibility index (Phi) is 8.64. The summed E-state index contributed by atoms with van der Waals surface area (Å²) in [5.74, 6) is 0. The van der Waals surface area contributed by atoms with E-state index < -0.39 is 0 Å². The van der Waals surface area contributed by atoms with Crippen molar-refractivity contribution in [3.05, 3.63) is 205 Å². The monoisotopic (exact) mass is 774 g/mol. The summed E-state index contributed by atoms with van der Waals surface area (Å²) >= 11 is 1.92. The van der Waals surface area contributed by atoms with Crippen LogP contribution in [0.2, 0.25) is 0 Å². The minimum atomic E-state index is 0.944. The van der Waals surface area contributed by atoms with Gasteiger partial charge in [-0.05, 0) is 88.0 Å². The Balaban J connectivity index is 0.00000196. The summed E-state index contributed by atoms with van der Waals surface area (Å²) in [5.41, 5.74) is 10.1. The Hall–Kier alpha value is -6.94. The average Bonchev–Trinajstić information content (AvgIpc) is 3.86. The van der Waals surface area contributed by atoms with Gasteiger partial charge in [-0.15, -0.1) is 11.3 Å². The number of rotatable bonds is 5. The molecule has 0 unspecified atom stereocenters. The van der Waals surface area contributed by atoms with Crippen LogP contribution in [0.15, 0.2) is 200 Å². The minimum absolute atomic E-state index is 0.944. The van der Waals surface area contributed by atoms with Crippen molar-refractivity contribution in [2.45, 2.75) is 26.7 Å². The van der Waals surface area contributed by atoms with Crippen molar-refractivity contribution in [2.24, 2.45) is 0 Å². The number of anilines is 2. The van der Waals surface area contributed by atoms with Gasteiger partial charge in [0.1, 0.15) is 0 Å². The number of fused-ring (bicyclic) bond motifs is 11. The van der Waals surface area contributed by atoms with Crippen molar-refractivity contribution in [1.29, 1.82) is 0 Å². The highest BCUT2D eigenvalue weighted by Gasteiger charge is 2.24. The SMILES string of the molecule is C1=C(c2ccccc2)CCC(N(c2ccc3ccccc3c2)c2cc3sc4cc(-n5c6ccccc6c6ccccc65)c5ccccc5c4c3c3ccccc23)=C1.CC. The van der Waals surface area contributed by atoms with Crippen LogP contribution >= 0.6 is 11.3 Å². The second-order valence-electron chi connectivity index (χ2n) is 15.2. The number of allylic oxidation sites excluding steroid dienone is 4. The number of para-hydroxylation sites is 2. The quantitative estimate of drug-likeness (QED) is 0.169. The standard InChI is InChI=1S/C54H36N2S.C2H6/c1-2-14-35(15-3-1)37-26-29-39(30-27-37)55(40-31-28-36-16-4-5-17-38(36)32-40)49-33-51-53(45-22-8-6-20-43(45)49)54-46-23-9-7-21-44(46)50(34-52(54)57-51)56-47-24-12-10-18-41(47)42-19-11-13-25-48(42)56;1-2/h1-26,28-29,31-34H,27,30H2;1-2H3. The van der Waals surface area contributed by atoms with Crippen molar-refractivity contribution in [2.75, 3.05) is 4.90 Å². The lowest BCUT2D eigenvalue weighted by Crippen LogP contribution is -2.18. The van der Waals surface area contributed by atoms with Crippen LogP contribution < -0.4 is 4.90 Å². The third kappa shape index (κ3) is 5.68. The van der Waals surface area contributed by atoms with Gasteiger partial charge in [0, 0.05) is 53.1 Å². The molecule has 2 nitrogen and oxygen atoms in total. The molecule has 0 saturated heterocycles. The van der Waals surface area contributed by atoms with Gasteiger partial charge in [0.15, 0.2) is 0 Å². The Labute approximate surface area is 348 Å². The van der Waals surface area contributed by atoms with Crippen molar-refractivity contribution in [3.63, 3.8) is 0 Å². The van der Waals surface area contributed by atoms with Gasteiger partial charge in [-0.3, -0.25) is 0 Å². The second-order valence-corrected chi connectivity index (χ2v) is 16.3. The molecule has 0 N–H and O–H groups in total. The fourth-order valence-electron chi connectivity index (χ4n) is 9.49. The van der Waals surface area contributed by atoms with E-state index in [4.69, 9.17) is 0 Å². The first-order valence-corrected chi connectivity index (χ1v) is 21.6. The molecule has 0 amide bonds. The molecule has 0 radical (unpaired) electrons. The van der Waals surface area contributed by atoms with Crippen molar-refractivity contribution >= 4 is 103 Å². The molecule has 0 bridgehead atoms. The summed E-state index contributed by atoms with van der Waals surface area (Å²) in [6.07, 6.45) is 6.63. The summed E-state index contributed by atoms with van der Waals surface area (Å²) in [6.45, 7) is 4.00. The summed E-state index contributed by atoms with van der Waals surface area (Å²) < 4.78 is 5.08. The molecule has 1 aliphatic carbocycles. The Morgan fingerprint density at radius 3 is 1.69 bits per heavy atom. The first-order chi connectivity index (χ1) is 29.3. The van der Waals surface area contributed by atoms with Gasteiger partial charge in [-0.25, -0.2) is 0 Å². The van der Waals surface area contributed by atoms with Gasteiger partial charge in [-0.2, -0.15) is 0 Å². The summed E-state index contributed by atoms with van der Waals surface area (Å²) in [6, 6.07) is 67.1. The molecular weight excluding hydrogens is 733 g/mol. The predicted octanol–water partition coefficient (Wildman–Crippen LogP) is 16.5. The fraction of sp³-hybridized carbons (Fsp3) is 0.0714. The van der Waals surface area contributed by atoms with Crippen LogP contribution in [0.5, 0.6) is 0 Å². The summed E-state index contributed by atoms with van der Waals surface area (Å²) in [7, 11) is 0. The summed E-state index contributed by atoms with van der Waals surface area (Å²) in [5, 5.41) is 12.8. The molecule has 0 fully saturated rings. The highest BCUT2D eigenvalue weighted by molar-refractivity contribution is 7.26. The Bertz CT molecular complexity index is 3420. The third-order valence-electron chi connectivity index (χ3n) is 12.1. The molecule has 2 aromatic heterocycles. The highest BCUT2D eigenvalue weighted by Crippen LogP contribution is 2.49. The number of thiophene rings is 1. The zero-order chi connectivity index (χ0) is 39.5. The van der Waals surface area contributed by atoms with Gasteiger partial charge < -0.3 is 9.47 Å². The van der Waals surface area contributed by atoms with Crippen LogP contribution in [0.1, 0.15) is 32.3 Å². The molecule has 0 atom stereocenters. The molecule has 0 saturated carbocycles. The minimum Gasteiger partial charge on any atom is -0.314 e. The van der Waals surface area contributed by atoms with Crippen molar-refractivity contribution < 1.29 is 0 Å². The van der Waals surface area contributed by atoms with E-state index in [-0.39, 0.29) is 0 Å². The molecule has 0 aliphatic heterocycles. The smallest absolute Gasteiger partial charge is 0.0555 e. The van der Waals surface area contributed by atoms with Gasteiger partial charge in [0.25, 0.3) is 0 Å². The van der Waals surface area contributed by atoms with E-state index in [1.165, 1.54) is 108 Å². The molecule has 0 spiro atoms. The first kappa shape index (κ1) is 35.2. The maximum absolute atomic E-state index is 2.54. The lowest BCUT2D eigenvalue weighted by Gasteiger charge is -2.31. The van der Waals surface area contributed by atoms with Crippen LogP contribution in [-0.4, -0.2) is 4.57 Å². The topological polar surface area (TPSA) is 8.17 Å². The zero-order valence-corrected chi connectivity index (χ0v) is 34.0. The van der Waals surface area contributed by atoms with E-state index in [9.17, 15) is 0 Å². The van der Waals surface area contributed by atoms with Crippen LogP contribution in [0.4, 0.5) is 11.4 Å². The van der Waals surface area contributed by atoms with Gasteiger partial charge in [-0.1, -0.05) is 166 Å². The van der Waals surface area contributed by atoms with Crippen LogP contribution in [0, 0.1) is 0 Å². The van der Waals surface area contributed by atoms with E-state index in [0.29, 0.717) is 0 Å². The number of aromatic nitrogens is 1. The maximum Gasteiger partial charge on any atom is 0.0555 e. The molecule has 1 aliphatic rings. The molecule has 11 aromatic rings. The van der Waals surface area contributed by atoms with E-state index in [1.807, 2.05) is 25.2 Å². The van der Waals surface area contributed by atoms with Gasteiger partial charge in [0.2, 0.25) is 0 Å². The Morgan fingerprint density at radius 1 is 0.458 bits per heavy atom. The number of hydrogen-bond donors (Lipinski definition) is 0. The number of hydrogen-bond acceptors (Lipinski definition) is 2. The first-order valence-electron chi connectivity index (χ1n) is 20.8. The molecule has 59 heavy (non-hydrogen) atoms. The average molecular weight is 775 g/mol. The summed E-state index contributed by atoms with van der Waals surface area (Å²) in [4.78, 5) is 2.54. The van der Waals surface area contributed by atoms with Gasteiger partial charge >= 0.3 is 0 Å². The molecule has 2 heterocycles. The van der Waals surface area contributed by atoms with E-state index in [2.05, 4.69) is 204 Å². The molecule has 9 aromatic carbocycles. The second kappa shape index (κ2) is 14.5. The van der Waals surface area contributed by atoms with Crippen molar-refractivity contribution in [3.8, 4) is 5.69 Å². The number of nitrogens with zero attached hydrogens (tertiary/aromatic N) is 2. The van der Waals surface area contributed by atoms with Crippen LogP contribution in [0.25, 0.3) is 85.6 Å². The predicted molar refractivity (Wildman–Crippen MR) is 258 cm³/mol. The van der Waals surface area contributed by atoms with Crippen LogP contribution in [-0.2, 0) is 0 Å². The largest absolute Gasteiger partial charge is 0.314 e.